The van der Waals surface area contributed by atoms with E-state index in [1.165, 1.54) is 16.0 Å². The van der Waals surface area contributed by atoms with Crippen molar-refractivity contribution in [1.29, 1.82) is 0 Å². The molecule has 0 aliphatic carbocycles. The van der Waals surface area contributed by atoms with Crippen molar-refractivity contribution in [3.63, 3.8) is 0 Å². The van der Waals surface area contributed by atoms with Gasteiger partial charge >= 0.3 is 0 Å². The van der Waals surface area contributed by atoms with E-state index in [0.29, 0.717) is 18.2 Å². The van der Waals surface area contributed by atoms with Crippen LogP contribution in [-0.2, 0) is 11.2 Å². The highest BCUT2D eigenvalue weighted by Gasteiger charge is 2.12. The highest BCUT2D eigenvalue weighted by atomic mass is 32.1. The molecule has 0 unspecified atom stereocenters. The Morgan fingerprint density at radius 3 is 2.79 bits per heavy atom. The van der Waals surface area contributed by atoms with Crippen molar-refractivity contribution in [3.8, 4) is 17.0 Å². The molecule has 0 fully saturated rings. The number of benzene rings is 2. The van der Waals surface area contributed by atoms with Crippen molar-refractivity contribution in [1.82, 2.24) is 9.97 Å². The quantitative estimate of drug-likeness (QED) is 0.390. The Morgan fingerprint density at radius 2 is 1.93 bits per heavy atom. The summed E-state index contributed by atoms with van der Waals surface area (Å²) in [6.07, 6.45) is 2.01. The van der Waals surface area contributed by atoms with Crippen molar-refractivity contribution >= 4 is 43.9 Å². The van der Waals surface area contributed by atoms with Gasteiger partial charge in [-0.1, -0.05) is 24.3 Å². The minimum absolute atomic E-state index is 0.0231. The van der Waals surface area contributed by atoms with Gasteiger partial charge in [-0.2, -0.15) is 0 Å². The molecule has 2 aromatic carbocycles. The first kappa shape index (κ1) is 19.5. The van der Waals surface area contributed by atoms with E-state index >= 15 is 0 Å². The monoisotopic (exact) mass is 423 g/mol. The van der Waals surface area contributed by atoms with Crippen molar-refractivity contribution < 1.29 is 9.53 Å². The number of thiazole rings is 2. The number of aromatic nitrogens is 2. The van der Waals surface area contributed by atoms with Gasteiger partial charge in [0.25, 0.3) is 0 Å². The summed E-state index contributed by atoms with van der Waals surface area (Å²) in [4.78, 5) is 21.5. The molecule has 148 valence electrons. The fraction of sp³-hybridized carbons (Fsp3) is 0.227. The second-order valence-corrected chi connectivity index (χ2v) is 8.42. The second-order valence-electron chi connectivity index (χ2n) is 6.44. The first-order valence-corrected chi connectivity index (χ1v) is 11.2. The van der Waals surface area contributed by atoms with Crippen molar-refractivity contribution in [3.05, 3.63) is 58.9 Å². The third-order valence-corrected chi connectivity index (χ3v) is 6.20. The number of carbonyl (C=O) groups is 1. The Bertz CT molecular complexity index is 1090. The lowest BCUT2D eigenvalue weighted by Gasteiger charge is -2.07. The Morgan fingerprint density at radius 1 is 1.10 bits per heavy atom. The van der Waals surface area contributed by atoms with Gasteiger partial charge in [0.05, 0.1) is 27.5 Å². The molecule has 2 aromatic heterocycles. The van der Waals surface area contributed by atoms with Gasteiger partial charge < -0.3 is 10.1 Å². The first-order chi connectivity index (χ1) is 14.2. The van der Waals surface area contributed by atoms with E-state index in [2.05, 4.69) is 21.4 Å². The summed E-state index contributed by atoms with van der Waals surface area (Å²) in [5.74, 6) is 0.777. The number of hydrogen-bond donors (Lipinski definition) is 1. The van der Waals surface area contributed by atoms with Crippen LogP contribution in [0.2, 0.25) is 0 Å². The van der Waals surface area contributed by atoms with Crippen molar-refractivity contribution in [2.45, 2.75) is 26.2 Å². The smallest absolute Gasteiger partial charge is 0.226 e. The zero-order valence-corrected chi connectivity index (χ0v) is 17.7. The van der Waals surface area contributed by atoms with Gasteiger partial charge in [0.15, 0.2) is 5.13 Å². The summed E-state index contributed by atoms with van der Waals surface area (Å²) in [7, 11) is 0. The largest absolute Gasteiger partial charge is 0.493 e. The molecule has 1 N–H and O–H groups in total. The molecule has 0 radical (unpaired) electrons. The van der Waals surface area contributed by atoms with E-state index in [1.54, 1.807) is 11.3 Å². The summed E-state index contributed by atoms with van der Waals surface area (Å²) < 4.78 is 6.86. The average molecular weight is 424 g/mol. The molecule has 0 bridgehead atoms. The van der Waals surface area contributed by atoms with E-state index in [-0.39, 0.29) is 5.91 Å². The summed E-state index contributed by atoms with van der Waals surface area (Å²) in [5.41, 5.74) is 2.77. The minimum atomic E-state index is -0.0231. The summed E-state index contributed by atoms with van der Waals surface area (Å²) in [6, 6.07) is 15.9. The van der Waals surface area contributed by atoms with Crippen LogP contribution in [0.3, 0.4) is 0 Å². The fourth-order valence-corrected chi connectivity index (χ4v) is 4.76. The molecule has 0 spiro atoms. The Balaban J connectivity index is 1.32. The molecule has 0 aliphatic heterocycles. The number of anilines is 1. The van der Waals surface area contributed by atoms with E-state index in [9.17, 15) is 4.79 Å². The number of hydrogen-bond acceptors (Lipinski definition) is 6. The summed E-state index contributed by atoms with van der Waals surface area (Å²) in [6.45, 7) is 2.55. The first-order valence-electron chi connectivity index (χ1n) is 9.55. The Hall–Kier alpha value is -2.77. The third kappa shape index (κ3) is 4.81. The van der Waals surface area contributed by atoms with E-state index < -0.39 is 0 Å². The van der Waals surface area contributed by atoms with Crippen LogP contribution in [0.15, 0.2) is 53.9 Å². The van der Waals surface area contributed by atoms with Crippen LogP contribution in [0.4, 0.5) is 5.13 Å². The molecule has 4 aromatic rings. The maximum Gasteiger partial charge on any atom is 0.226 e. The summed E-state index contributed by atoms with van der Waals surface area (Å²) in [5, 5.41) is 6.53. The predicted octanol–water partition coefficient (Wildman–Crippen LogP) is 5.78. The van der Waals surface area contributed by atoms with Gasteiger partial charge in [0.1, 0.15) is 5.75 Å². The average Bonchev–Trinajstić information content (AvgIpc) is 3.35. The topological polar surface area (TPSA) is 64.1 Å². The number of amides is 1. The molecule has 2 heterocycles. The molecule has 5 nitrogen and oxygen atoms in total. The van der Waals surface area contributed by atoms with E-state index in [0.717, 1.165) is 40.4 Å². The number of nitrogens with zero attached hydrogens (tertiary/aromatic N) is 2. The number of fused-ring (bicyclic) bond motifs is 1. The van der Waals surface area contributed by atoms with Crippen LogP contribution < -0.4 is 10.1 Å². The number of nitrogens with one attached hydrogen (secondary N) is 1. The molecule has 29 heavy (non-hydrogen) atoms. The van der Waals surface area contributed by atoms with Gasteiger partial charge in [-0.15, -0.1) is 22.7 Å². The van der Waals surface area contributed by atoms with Gasteiger partial charge in [-0.3, -0.25) is 4.79 Å². The SMILES string of the molecule is CCOc1ccccc1-c1csc(NC(=O)CCCc2nc3ccccc3s2)n1. The van der Waals surface area contributed by atoms with Crippen LogP contribution in [0.25, 0.3) is 21.5 Å². The number of para-hydroxylation sites is 2. The third-order valence-electron chi connectivity index (χ3n) is 4.35. The van der Waals surface area contributed by atoms with Crippen LogP contribution >= 0.6 is 22.7 Å². The maximum atomic E-state index is 12.3. The number of ether oxygens (including phenoxy) is 1. The number of carbonyl (C=O) groups excluding carboxylic acids is 1. The molecule has 0 saturated heterocycles. The van der Waals surface area contributed by atoms with Crippen LogP contribution in [-0.4, -0.2) is 22.5 Å². The highest BCUT2D eigenvalue weighted by Crippen LogP contribution is 2.32. The minimum Gasteiger partial charge on any atom is -0.493 e. The molecular weight excluding hydrogens is 402 g/mol. The maximum absolute atomic E-state index is 12.3. The Labute approximate surface area is 177 Å². The molecule has 0 atom stereocenters. The molecule has 7 heteroatoms. The lowest BCUT2D eigenvalue weighted by molar-refractivity contribution is -0.116. The molecular formula is C22H21N3O2S2. The number of aryl methyl sites for hydroxylation is 1. The van der Waals surface area contributed by atoms with Gasteiger partial charge in [-0.25, -0.2) is 9.97 Å². The molecule has 0 aliphatic rings. The standard InChI is InChI=1S/C22H21N3O2S2/c1-2-27-18-10-5-3-8-15(18)17-14-28-22(24-17)25-20(26)12-7-13-21-23-16-9-4-6-11-19(16)29-21/h3-6,8-11,14H,2,7,12-13H2,1H3,(H,24,25,26). The van der Waals surface area contributed by atoms with Crippen LogP contribution in [0.5, 0.6) is 5.75 Å². The zero-order valence-electron chi connectivity index (χ0n) is 16.1. The molecule has 4 rings (SSSR count). The lowest BCUT2D eigenvalue weighted by atomic mass is 10.1. The van der Waals surface area contributed by atoms with Gasteiger partial charge in [0.2, 0.25) is 5.91 Å². The predicted molar refractivity (Wildman–Crippen MR) is 120 cm³/mol. The van der Waals surface area contributed by atoms with Crippen molar-refractivity contribution in [2.75, 3.05) is 11.9 Å². The van der Waals surface area contributed by atoms with Gasteiger partial charge in [0, 0.05) is 17.4 Å². The van der Waals surface area contributed by atoms with E-state index in [1.807, 2.05) is 54.8 Å². The number of rotatable bonds is 8. The fourth-order valence-electron chi connectivity index (χ4n) is 3.02. The second kappa shape index (κ2) is 9.15. The lowest BCUT2D eigenvalue weighted by Crippen LogP contribution is -2.11. The Kier molecular flexibility index (Phi) is 6.17. The van der Waals surface area contributed by atoms with Gasteiger partial charge in [-0.05, 0) is 44.0 Å². The normalized spacial score (nSPS) is 10.9. The summed E-state index contributed by atoms with van der Waals surface area (Å²) >= 11 is 3.12. The van der Waals surface area contributed by atoms with Crippen LogP contribution in [0, 0.1) is 0 Å². The van der Waals surface area contributed by atoms with Crippen LogP contribution in [0.1, 0.15) is 24.8 Å². The van der Waals surface area contributed by atoms with Crippen molar-refractivity contribution in [2.24, 2.45) is 0 Å². The highest BCUT2D eigenvalue weighted by molar-refractivity contribution is 7.18. The molecule has 0 saturated carbocycles. The van der Waals surface area contributed by atoms with E-state index in [4.69, 9.17) is 4.74 Å². The zero-order chi connectivity index (χ0) is 20.1. The molecule has 1 amide bonds.